The van der Waals surface area contributed by atoms with E-state index in [0.717, 1.165) is 11.1 Å². The molecule has 1 aromatic carbocycles. The van der Waals surface area contributed by atoms with Crippen LogP contribution in [0.4, 0.5) is 0 Å². The molecule has 16 heavy (non-hydrogen) atoms. The first-order valence-electron chi connectivity index (χ1n) is 5.19. The highest BCUT2D eigenvalue weighted by atomic mass is 16.5. The van der Waals surface area contributed by atoms with E-state index in [1.807, 2.05) is 36.2 Å². The van der Waals surface area contributed by atoms with Crippen molar-refractivity contribution in [2.75, 3.05) is 20.7 Å². The third kappa shape index (κ3) is 3.64. The zero-order chi connectivity index (χ0) is 12.0. The molecule has 0 bridgehead atoms. The molecule has 0 heterocycles. The summed E-state index contributed by atoms with van der Waals surface area (Å²) in [7, 11) is 3.27. The Balaban J connectivity index is 2.61. The molecule has 1 aromatic rings. The van der Waals surface area contributed by atoms with Gasteiger partial charge in [0.25, 0.3) is 0 Å². The van der Waals surface area contributed by atoms with Crippen molar-refractivity contribution in [1.82, 2.24) is 4.90 Å². The summed E-state index contributed by atoms with van der Waals surface area (Å²) in [5.74, 6) is -0.229. The minimum atomic E-state index is -0.229. The number of carbonyl (C=O) groups is 1. The van der Waals surface area contributed by atoms with Crippen LogP contribution in [0.15, 0.2) is 24.3 Å². The van der Waals surface area contributed by atoms with Gasteiger partial charge >= 0.3 is 5.97 Å². The van der Waals surface area contributed by atoms with E-state index < -0.39 is 0 Å². The molecule has 1 rings (SSSR count). The number of ether oxygens (including phenoxy) is 1. The Bertz CT molecular complexity index is 353. The summed E-state index contributed by atoms with van der Waals surface area (Å²) in [4.78, 5) is 13.0. The fourth-order valence-electron chi connectivity index (χ4n) is 1.54. The third-order valence-electron chi connectivity index (χ3n) is 2.41. The molecule has 0 aliphatic carbocycles. The van der Waals surface area contributed by atoms with Gasteiger partial charge in [-0.1, -0.05) is 24.3 Å². The molecule has 0 fully saturated rings. The minimum absolute atomic E-state index is 0.229. The Morgan fingerprint density at radius 2 is 2.00 bits per heavy atom. The van der Waals surface area contributed by atoms with Gasteiger partial charge in [0.1, 0.15) is 0 Å². The second-order valence-corrected chi connectivity index (χ2v) is 3.72. The van der Waals surface area contributed by atoms with E-state index in [9.17, 15) is 4.79 Å². The number of rotatable bonds is 5. The summed E-state index contributed by atoms with van der Waals surface area (Å²) in [6, 6.07) is 7.96. The van der Waals surface area contributed by atoms with Crippen molar-refractivity contribution in [1.29, 1.82) is 0 Å². The van der Waals surface area contributed by atoms with Crippen molar-refractivity contribution >= 4 is 5.97 Å². The van der Waals surface area contributed by atoms with Crippen LogP contribution >= 0.6 is 0 Å². The molecule has 88 valence electrons. The van der Waals surface area contributed by atoms with Gasteiger partial charge in [-0.2, -0.15) is 0 Å². The molecule has 2 N–H and O–H groups in total. The monoisotopic (exact) mass is 222 g/mol. The second-order valence-electron chi connectivity index (χ2n) is 3.72. The summed E-state index contributed by atoms with van der Waals surface area (Å²) < 4.78 is 4.61. The molecular weight excluding hydrogens is 204 g/mol. The van der Waals surface area contributed by atoms with Gasteiger partial charge in [0.15, 0.2) is 0 Å². The maximum atomic E-state index is 11.1. The normalized spacial score (nSPS) is 10.5. The molecule has 0 radical (unpaired) electrons. The van der Waals surface area contributed by atoms with E-state index in [0.29, 0.717) is 13.1 Å². The van der Waals surface area contributed by atoms with Crippen molar-refractivity contribution in [3.05, 3.63) is 35.4 Å². The van der Waals surface area contributed by atoms with Crippen LogP contribution in [0, 0.1) is 0 Å². The molecule has 0 aromatic heterocycles. The molecule has 0 atom stereocenters. The standard InChI is InChI=1S/C12H18N2O2/c1-14(9-12(15)16-2)8-11-6-4-3-5-10(11)7-13/h3-6H,7-9,13H2,1-2H3. The maximum Gasteiger partial charge on any atom is 0.319 e. The number of esters is 1. The molecule has 0 saturated carbocycles. The quantitative estimate of drug-likeness (QED) is 0.747. The maximum absolute atomic E-state index is 11.1. The van der Waals surface area contributed by atoms with Crippen molar-refractivity contribution in [2.45, 2.75) is 13.1 Å². The van der Waals surface area contributed by atoms with Crippen LogP contribution in [0.1, 0.15) is 11.1 Å². The van der Waals surface area contributed by atoms with E-state index in [1.165, 1.54) is 7.11 Å². The van der Waals surface area contributed by atoms with Crippen LogP contribution in [0.2, 0.25) is 0 Å². The zero-order valence-electron chi connectivity index (χ0n) is 9.77. The van der Waals surface area contributed by atoms with Crippen LogP contribution in [0.3, 0.4) is 0 Å². The highest BCUT2D eigenvalue weighted by Crippen LogP contribution is 2.10. The molecule has 0 spiro atoms. The van der Waals surface area contributed by atoms with Crippen LogP contribution in [-0.4, -0.2) is 31.6 Å². The first kappa shape index (κ1) is 12.7. The smallest absolute Gasteiger partial charge is 0.319 e. The van der Waals surface area contributed by atoms with E-state index in [2.05, 4.69) is 4.74 Å². The number of hydrogen-bond acceptors (Lipinski definition) is 4. The number of hydrogen-bond donors (Lipinski definition) is 1. The van der Waals surface area contributed by atoms with Gasteiger partial charge in [0.05, 0.1) is 13.7 Å². The first-order valence-corrected chi connectivity index (χ1v) is 5.19. The van der Waals surface area contributed by atoms with Crippen LogP contribution in [0.5, 0.6) is 0 Å². The van der Waals surface area contributed by atoms with E-state index in [4.69, 9.17) is 5.73 Å². The van der Waals surface area contributed by atoms with Crippen molar-refractivity contribution in [2.24, 2.45) is 5.73 Å². The molecule has 4 nitrogen and oxygen atoms in total. The van der Waals surface area contributed by atoms with Gasteiger partial charge in [-0.15, -0.1) is 0 Å². The van der Waals surface area contributed by atoms with Gasteiger partial charge in [-0.25, -0.2) is 0 Å². The molecule has 0 aliphatic rings. The first-order chi connectivity index (χ1) is 7.67. The lowest BCUT2D eigenvalue weighted by Crippen LogP contribution is -2.26. The predicted octanol–water partition coefficient (Wildman–Crippen LogP) is 0.750. The van der Waals surface area contributed by atoms with Gasteiger partial charge in [0.2, 0.25) is 0 Å². The number of nitrogens with two attached hydrogens (primary N) is 1. The summed E-state index contributed by atoms with van der Waals surface area (Å²) >= 11 is 0. The van der Waals surface area contributed by atoms with Gasteiger partial charge in [-0.3, -0.25) is 9.69 Å². The number of benzene rings is 1. The van der Waals surface area contributed by atoms with E-state index in [-0.39, 0.29) is 12.5 Å². The second kappa shape index (κ2) is 6.25. The largest absolute Gasteiger partial charge is 0.468 e. The van der Waals surface area contributed by atoms with Crippen LogP contribution in [-0.2, 0) is 22.6 Å². The SMILES string of the molecule is COC(=O)CN(C)Cc1ccccc1CN. The Morgan fingerprint density at radius 1 is 1.38 bits per heavy atom. The Labute approximate surface area is 96.0 Å². The lowest BCUT2D eigenvalue weighted by Gasteiger charge is -2.17. The topological polar surface area (TPSA) is 55.6 Å². The fraction of sp³-hybridized carbons (Fsp3) is 0.417. The minimum Gasteiger partial charge on any atom is -0.468 e. The van der Waals surface area contributed by atoms with Gasteiger partial charge < -0.3 is 10.5 Å². The van der Waals surface area contributed by atoms with Crippen LogP contribution < -0.4 is 5.73 Å². The summed E-state index contributed by atoms with van der Waals surface area (Å²) in [6.45, 7) is 1.50. The van der Waals surface area contributed by atoms with Crippen LogP contribution in [0.25, 0.3) is 0 Å². The van der Waals surface area contributed by atoms with Crippen molar-refractivity contribution in [3.63, 3.8) is 0 Å². The Kier molecular flexibility index (Phi) is 4.95. The fourth-order valence-corrected chi connectivity index (χ4v) is 1.54. The summed E-state index contributed by atoms with van der Waals surface area (Å²) in [5.41, 5.74) is 7.90. The lowest BCUT2D eigenvalue weighted by atomic mass is 10.1. The highest BCUT2D eigenvalue weighted by molar-refractivity contribution is 5.71. The van der Waals surface area contributed by atoms with Crippen molar-refractivity contribution < 1.29 is 9.53 Å². The summed E-state index contributed by atoms with van der Waals surface area (Å²) in [5, 5.41) is 0. The van der Waals surface area contributed by atoms with E-state index >= 15 is 0 Å². The Morgan fingerprint density at radius 3 is 2.56 bits per heavy atom. The lowest BCUT2D eigenvalue weighted by molar-refractivity contribution is -0.141. The molecule has 4 heteroatoms. The third-order valence-corrected chi connectivity index (χ3v) is 2.41. The van der Waals surface area contributed by atoms with Gasteiger partial charge in [0, 0.05) is 13.1 Å². The molecule has 0 amide bonds. The Hall–Kier alpha value is -1.39. The molecule has 0 saturated heterocycles. The predicted molar refractivity (Wildman–Crippen MR) is 62.7 cm³/mol. The van der Waals surface area contributed by atoms with Gasteiger partial charge in [-0.05, 0) is 18.2 Å². The average Bonchev–Trinajstić information content (AvgIpc) is 2.29. The number of carbonyl (C=O) groups excluding carboxylic acids is 1. The average molecular weight is 222 g/mol. The number of likely N-dealkylation sites (N-methyl/N-ethyl adjacent to an activating group) is 1. The number of nitrogens with zero attached hydrogens (tertiary/aromatic N) is 1. The summed E-state index contributed by atoms with van der Waals surface area (Å²) in [6.07, 6.45) is 0. The highest BCUT2D eigenvalue weighted by Gasteiger charge is 2.08. The number of methoxy groups -OCH3 is 1. The molecular formula is C12H18N2O2. The van der Waals surface area contributed by atoms with E-state index in [1.54, 1.807) is 0 Å². The molecule has 0 aliphatic heterocycles. The zero-order valence-corrected chi connectivity index (χ0v) is 9.77. The van der Waals surface area contributed by atoms with Crippen molar-refractivity contribution in [3.8, 4) is 0 Å². The molecule has 0 unspecified atom stereocenters.